The van der Waals surface area contributed by atoms with Crippen LogP contribution in [0.15, 0.2) is 0 Å². The van der Waals surface area contributed by atoms with Crippen LogP contribution in [0.3, 0.4) is 0 Å². The molecule has 0 atom stereocenters. The molecule has 0 unspecified atom stereocenters. The van der Waals surface area contributed by atoms with Crippen molar-refractivity contribution < 1.29 is 4.79 Å². The summed E-state index contributed by atoms with van der Waals surface area (Å²) < 4.78 is 0. The molecule has 222 valence electrons. The van der Waals surface area contributed by atoms with Gasteiger partial charge in [0.15, 0.2) is 0 Å². The molecule has 3 heteroatoms. The van der Waals surface area contributed by atoms with Gasteiger partial charge in [0.25, 0.3) is 0 Å². The summed E-state index contributed by atoms with van der Waals surface area (Å²) in [5, 5.41) is 0. The molecule has 0 aliphatic rings. The van der Waals surface area contributed by atoms with E-state index in [0.29, 0.717) is 6.54 Å². The molecule has 0 saturated carbocycles. The van der Waals surface area contributed by atoms with Crippen LogP contribution in [-0.4, -0.2) is 55.4 Å². The van der Waals surface area contributed by atoms with Gasteiger partial charge in [-0.15, -0.1) is 0 Å². The fourth-order valence-electron chi connectivity index (χ4n) is 5.43. The Morgan fingerprint density at radius 3 is 0.946 bits per heavy atom. The first kappa shape index (κ1) is 36.6. The van der Waals surface area contributed by atoms with Gasteiger partial charge in [0.2, 0.25) is 0 Å². The van der Waals surface area contributed by atoms with Crippen molar-refractivity contribution in [3.8, 4) is 0 Å². The highest BCUT2D eigenvalue weighted by molar-refractivity contribution is 5.51. The van der Waals surface area contributed by atoms with Gasteiger partial charge in [-0.1, -0.05) is 156 Å². The zero-order chi connectivity index (χ0) is 27.1. The molecule has 0 saturated heterocycles. The number of rotatable bonds is 32. The molecule has 37 heavy (non-hydrogen) atoms. The average Bonchev–Trinajstić information content (AvgIpc) is 2.91. The van der Waals surface area contributed by atoms with E-state index in [9.17, 15) is 4.79 Å². The van der Waals surface area contributed by atoms with Crippen LogP contribution in [0, 0.1) is 0 Å². The summed E-state index contributed by atoms with van der Waals surface area (Å²) in [6, 6.07) is 0. The lowest BCUT2D eigenvalue weighted by Crippen LogP contribution is -2.37. The van der Waals surface area contributed by atoms with Crippen LogP contribution in [0.1, 0.15) is 175 Å². The number of unbranched alkanes of at least 4 members (excludes halogenated alkanes) is 21. The third kappa shape index (κ3) is 28.4. The third-order valence-corrected chi connectivity index (χ3v) is 8.05. The second kappa shape index (κ2) is 31.8. The number of hydrogen-bond donors (Lipinski definition) is 0. The summed E-state index contributed by atoms with van der Waals surface area (Å²) in [7, 11) is 0. The van der Waals surface area contributed by atoms with Crippen molar-refractivity contribution in [3.05, 3.63) is 0 Å². The van der Waals surface area contributed by atoms with E-state index in [-0.39, 0.29) is 0 Å². The van der Waals surface area contributed by atoms with Crippen LogP contribution in [0.4, 0.5) is 0 Å². The second-order valence-corrected chi connectivity index (χ2v) is 11.7. The lowest BCUT2D eigenvalue weighted by atomic mass is 10.1. The van der Waals surface area contributed by atoms with Crippen LogP contribution in [0.5, 0.6) is 0 Å². The Labute approximate surface area is 234 Å². The molecule has 0 aromatic carbocycles. The zero-order valence-electron chi connectivity index (χ0n) is 26.1. The molecular formula is C34H70N2O. The predicted molar refractivity (Wildman–Crippen MR) is 167 cm³/mol. The highest BCUT2D eigenvalue weighted by Crippen LogP contribution is 2.12. The van der Waals surface area contributed by atoms with Crippen LogP contribution in [0.25, 0.3) is 0 Å². The summed E-state index contributed by atoms with van der Waals surface area (Å²) in [4.78, 5) is 16.5. The van der Waals surface area contributed by atoms with Crippen LogP contribution < -0.4 is 0 Å². The van der Waals surface area contributed by atoms with Crippen molar-refractivity contribution in [1.82, 2.24) is 9.80 Å². The van der Waals surface area contributed by atoms with E-state index in [0.717, 1.165) is 25.9 Å². The van der Waals surface area contributed by atoms with Crippen LogP contribution in [-0.2, 0) is 4.79 Å². The molecule has 0 bridgehead atoms. The van der Waals surface area contributed by atoms with Crippen molar-refractivity contribution in [2.75, 3.05) is 39.3 Å². The van der Waals surface area contributed by atoms with Gasteiger partial charge in [-0.2, -0.15) is 0 Å². The standard InChI is InChI=1S/C34H70N2O/c1-4-7-10-13-16-17-18-21-24-27-30-36(33-34-37)32-31-35(28-25-22-19-14-11-8-5-2)29-26-23-20-15-12-9-6-3/h34H,4-33H2,1-3H3. The maximum Gasteiger partial charge on any atom is 0.133 e. The van der Waals surface area contributed by atoms with Crippen molar-refractivity contribution >= 4 is 6.29 Å². The molecule has 0 spiro atoms. The van der Waals surface area contributed by atoms with E-state index >= 15 is 0 Å². The van der Waals surface area contributed by atoms with Crippen molar-refractivity contribution in [3.63, 3.8) is 0 Å². The molecule has 0 rings (SSSR count). The number of carbonyl (C=O) groups excluding carboxylic acids is 1. The molecule has 0 aliphatic heterocycles. The minimum atomic E-state index is 0.611. The molecule has 0 amide bonds. The monoisotopic (exact) mass is 523 g/mol. The highest BCUT2D eigenvalue weighted by atomic mass is 16.1. The first-order valence-corrected chi connectivity index (χ1v) is 17.2. The normalized spacial score (nSPS) is 11.7. The Balaban J connectivity index is 4.20. The molecular weight excluding hydrogens is 452 g/mol. The van der Waals surface area contributed by atoms with E-state index in [1.807, 2.05) is 0 Å². The van der Waals surface area contributed by atoms with Gasteiger partial charge in [-0.3, -0.25) is 4.90 Å². The molecule has 0 fully saturated rings. The third-order valence-electron chi connectivity index (χ3n) is 8.05. The largest absolute Gasteiger partial charge is 0.302 e. The van der Waals surface area contributed by atoms with Gasteiger partial charge in [-0.05, 0) is 38.9 Å². The summed E-state index contributed by atoms with van der Waals surface area (Å²) in [5.74, 6) is 0. The maximum atomic E-state index is 11.3. The van der Waals surface area contributed by atoms with Crippen molar-refractivity contribution in [2.45, 2.75) is 175 Å². The molecule has 0 N–H and O–H groups in total. The maximum absolute atomic E-state index is 11.3. The average molecular weight is 523 g/mol. The predicted octanol–water partition coefficient (Wildman–Crippen LogP) is 10.2. The van der Waals surface area contributed by atoms with Gasteiger partial charge in [0.1, 0.15) is 6.29 Å². The molecule has 0 aromatic heterocycles. The smallest absolute Gasteiger partial charge is 0.133 e. The molecule has 0 aromatic rings. The minimum absolute atomic E-state index is 0.611. The van der Waals surface area contributed by atoms with Crippen LogP contribution >= 0.6 is 0 Å². The minimum Gasteiger partial charge on any atom is -0.302 e. The molecule has 0 heterocycles. The van der Waals surface area contributed by atoms with Gasteiger partial charge in [0, 0.05) is 13.1 Å². The fourth-order valence-corrected chi connectivity index (χ4v) is 5.43. The van der Waals surface area contributed by atoms with Gasteiger partial charge in [0.05, 0.1) is 6.54 Å². The second-order valence-electron chi connectivity index (χ2n) is 11.7. The Morgan fingerprint density at radius 2 is 0.622 bits per heavy atom. The number of nitrogens with zero attached hydrogens (tertiary/aromatic N) is 2. The molecule has 3 nitrogen and oxygen atoms in total. The van der Waals surface area contributed by atoms with E-state index in [1.54, 1.807) is 0 Å². The Bertz CT molecular complexity index is 410. The first-order chi connectivity index (χ1) is 18.3. The van der Waals surface area contributed by atoms with E-state index in [1.165, 1.54) is 167 Å². The number of carbonyl (C=O) groups is 1. The summed E-state index contributed by atoms with van der Waals surface area (Å²) in [6.07, 6.45) is 34.3. The van der Waals surface area contributed by atoms with E-state index in [4.69, 9.17) is 0 Å². The Morgan fingerprint density at radius 1 is 0.351 bits per heavy atom. The molecule has 0 radical (unpaired) electrons. The Hall–Kier alpha value is -0.410. The quantitative estimate of drug-likeness (QED) is 0.0648. The number of hydrogen-bond acceptors (Lipinski definition) is 3. The lowest BCUT2D eigenvalue weighted by molar-refractivity contribution is -0.108. The summed E-state index contributed by atoms with van der Waals surface area (Å²) >= 11 is 0. The first-order valence-electron chi connectivity index (χ1n) is 17.2. The zero-order valence-corrected chi connectivity index (χ0v) is 26.1. The molecule has 0 aliphatic carbocycles. The van der Waals surface area contributed by atoms with Gasteiger partial charge < -0.3 is 9.69 Å². The van der Waals surface area contributed by atoms with Crippen molar-refractivity contribution in [1.29, 1.82) is 0 Å². The number of aldehydes is 1. The SMILES string of the molecule is CCCCCCCCCCCCN(CC=O)CCN(CCCCCCCCC)CCCCCCCCC. The van der Waals surface area contributed by atoms with Gasteiger partial charge in [-0.25, -0.2) is 0 Å². The summed E-state index contributed by atoms with van der Waals surface area (Å²) in [5.41, 5.74) is 0. The van der Waals surface area contributed by atoms with Crippen LogP contribution in [0.2, 0.25) is 0 Å². The topological polar surface area (TPSA) is 23.6 Å². The van der Waals surface area contributed by atoms with E-state index in [2.05, 4.69) is 30.6 Å². The van der Waals surface area contributed by atoms with Crippen molar-refractivity contribution in [2.24, 2.45) is 0 Å². The highest BCUT2D eigenvalue weighted by Gasteiger charge is 2.09. The Kier molecular flexibility index (Phi) is 31.5. The lowest BCUT2D eigenvalue weighted by Gasteiger charge is -2.27. The van der Waals surface area contributed by atoms with Gasteiger partial charge >= 0.3 is 0 Å². The fraction of sp³-hybridized carbons (Fsp3) is 0.971. The van der Waals surface area contributed by atoms with E-state index < -0.39 is 0 Å². The summed E-state index contributed by atoms with van der Waals surface area (Å²) in [6.45, 7) is 13.3.